The number of hydrogen-bond acceptors (Lipinski definition) is 21. The van der Waals surface area contributed by atoms with Crippen LogP contribution in [0.5, 0.6) is 17.2 Å². The molecule has 6 amide bonds. The number of nitrogens with one attached hydrogen (secondary N) is 3. The number of hydrogen-bond donors (Lipinski definition) is 5. The van der Waals surface area contributed by atoms with Crippen LogP contribution in [0.4, 0.5) is 31.4 Å². The number of terminal acetylenes is 1. The Balaban J connectivity index is 0.000000262. The summed E-state index contributed by atoms with van der Waals surface area (Å²) < 4.78 is 27.6. The predicted octanol–water partition coefficient (Wildman–Crippen LogP) is 7.35. The Labute approximate surface area is 909 Å². The number of urea groups is 3. The van der Waals surface area contributed by atoms with Crippen molar-refractivity contribution >= 4 is 69.5 Å². The van der Waals surface area contributed by atoms with E-state index in [1.807, 2.05) is 178 Å². The van der Waals surface area contributed by atoms with Crippen LogP contribution in [0.15, 0.2) is 241 Å². The number of aliphatic hydroxyl groups is 2. The van der Waals surface area contributed by atoms with Crippen molar-refractivity contribution in [2.24, 2.45) is 17.8 Å². The fourth-order valence-corrected chi connectivity index (χ4v) is 18.7. The molecule has 0 spiro atoms. The molecular formula is C108H131BrK2N12O15. The van der Waals surface area contributed by atoms with Gasteiger partial charge in [0.15, 0.2) is 0 Å². The molecule has 0 saturated carbocycles. The Morgan fingerprint density at radius 1 is 0.428 bits per heavy atom. The van der Waals surface area contributed by atoms with Crippen molar-refractivity contribution in [2.75, 3.05) is 185 Å². The van der Waals surface area contributed by atoms with Crippen molar-refractivity contribution in [1.29, 1.82) is 0 Å². The fraction of sp³-hybridized carbons (Fsp3) is 0.389. The summed E-state index contributed by atoms with van der Waals surface area (Å²) in [5, 5.41) is 34.7. The maximum absolute atomic E-state index is 13.7. The molecule has 6 aliphatic rings. The second-order valence-electron chi connectivity index (χ2n) is 35.2. The maximum atomic E-state index is 13.7. The van der Waals surface area contributed by atoms with E-state index in [0.717, 1.165) is 121 Å². The largest absolute Gasteiger partial charge is 1.00 e. The van der Waals surface area contributed by atoms with Crippen molar-refractivity contribution in [3.8, 4) is 53.3 Å². The minimum atomic E-state index is -0.300. The quantitative estimate of drug-likeness (QED) is 0.0117. The third-order valence-electron chi connectivity index (χ3n) is 25.0. The van der Waals surface area contributed by atoms with Gasteiger partial charge >= 0.3 is 133 Å². The van der Waals surface area contributed by atoms with Gasteiger partial charge in [-0.1, -0.05) is 137 Å². The molecule has 9 aromatic rings. The molecule has 30 heteroatoms. The van der Waals surface area contributed by atoms with Gasteiger partial charge < -0.3 is 90.8 Å². The van der Waals surface area contributed by atoms with Gasteiger partial charge in [-0.15, -0.1) is 6.42 Å². The number of likely N-dealkylation sites (N-methyl/N-ethyl adjacent to an activating group) is 3. The maximum Gasteiger partial charge on any atom is 1.00 e. The van der Waals surface area contributed by atoms with Crippen LogP contribution in [0.25, 0.3) is 0 Å². The summed E-state index contributed by atoms with van der Waals surface area (Å²) in [4.78, 5) is 95.2. The number of ether oxygens (including phenoxy) is 5. The van der Waals surface area contributed by atoms with Crippen LogP contribution >= 0.6 is 15.9 Å². The third kappa shape index (κ3) is 34.5. The molecule has 9 aromatic carbocycles. The molecular weight excluding hydrogens is 1860 g/mol. The number of carbonyl (C=O) groups excluding carboxylic acids is 6. The van der Waals surface area contributed by atoms with Crippen molar-refractivity contribution < 1.29 is 177 Å². The molecule has 12 atom stereocenters. The number of anilines is 3. The summed E-state index contributed by atoms with van der Waals surface area (Å²) in [6.07, 6.45) is 7.64. The molecule has 27 nitrogen and oxygen atoms in total. The number of methoxy groups -OCH3 is 3. The van der Waals surface area contributed by atoms with E-state index in [4.69, 9.17) is 45.3 Å². The smallest absolute Gasteiger partial charge is 1.00 e. The Bertz CT molecular complexity index is 5400. The Morgan fingerprint density at radius 3 is 0.949 bits per heavy atom. The average Bonchev–Trinajstić information content (AvgIpc) is 0.747. The normalized spacial score (nSPS) is 20.6. The van der Waals surface area contributed by atoms with E-state index in [-0.39, 0.29) is 195 Å². The second kappa shape index (κ2) is 59.4. The number of benzene rings is 9. The van der Waals surface area contributed by atoms with E-state index in [0.29, 0.717) is 87.9 Å². The minimum absolute atomic E-state index is 0. The Kier molecular flexibility index (Phi) is 49.1. The van der Waals surface area contributed by atoms with Gasteiger partial charge in [0, 0.05) is 208 Å². The molecule has 0 bridgehead atoms. The number of aliphatic hydroxyl groups excluding tert-OH is 2. The molecule has 6 heterocycles. The van der Waals surface area contributed by atoms with Crippen LogP contribution in [-0.4, -0.2) is 296 Å². The summed E-state index contributed by atoms with van der Waals surface area (Å²) in [5.74, 6) is 18.2. The first-order chi connectivity index (χ1) is 65.8. The summed E-state index contributed by atoms with van der Waals surface area (Å²) in [5.41, 5.74) is 10.9. The molecule has 15 rings (SSSR count). The SMILES string of the molecule is C#Cc1ccccc1.CO.COc1ccc(NC(=O)N2CC(CO)CCN3[C@H](CN(C)C)[C@H](c4ccc(C#Cc5ccccc5)cc4)[C@@H]3C2)cc1.COc1ccc(NC(=O)N2CC(COC(C)=O)CCN3[C@H](CN(C)C)[C@H](c4ccc(Br)cc4)[C@@H]3C2)cc1.COc1ccc(NC(=O)N2CC(COC(C)=O)CCN3[C@H](CN(C)C)[C@H](c4ccc(C#Cc5ccccc5)cc4)[C@@H]3C2)cc1.O=CO[O-].[H-].[K+].[K+]. The van der Waals surface area contributed by atoms with Gasteiger partial charge in [0.05, 0.1) is 34.5 Å². The number of fused-ring (bicyclic) bond motifs is 3. The van der Waals surface area contributed by atoms with Crippen LogP contribution in [0.3, 0.4) is 0 Å². The molecule has 0 aromatic heterocycles. The Hall–Kier alpha value is -9.33. The van der Waals surface area contributed by atoms with Gasteiger partial charge in [-0.25, -0.2) is 14.4 Å². The van der Waals surface area contributed by atoms with Crippen molar-refractivity contribution in [2.45, 2.75) is 87.1 Å². The van der Waals surface area contributed by atoms with Gasteiger partial charge in [0.25, 0.3) is 6.47 Å². The Morgan fingerprint density at radius 2 is 0.696 bits per heavy atom. The average molecular weight is 2000 g/mol. The predicted molar refractivity (Wildman–Crippen MR) is 535 cm³/mol. The van der Waals surface area contributed by atoms with Crippen LogP contribution in [0.2, 0.25) is 0 Å². The molecule has 6 saturated heterocycles. The van der Waals surface area contributed by atoms with Gasteiger partial charge in [-0.3, -0.25) is 29.1 Å². The van der Waals surface area contributed by atoms with E-state index in [1.165, 1.54) is 30.5 Å². The minimum Gasteiger partial charge on any atom is -1.00 e. The monoisotopic (exact) mass is 1990 g/mol. The fourth-order valence-electron chi connectivity index (χ4n) is 18.5. The number of carbonyl (C=O) groups is 6. The molecule has 6 fully saturated rings. The summed E-state index contributed by atoms with van der Waals surface area (Å²) in [7, 11) is 18.5. The summed E-state index contributed by atoms with van der Waals surface area (Å²) in [6.45, 7) is 12.2. The summed E-state index contributed by atoms with van der Waals surface area (Å²) >= 11 is 3.56. The van der Waals surface area contributed by atoms with Crippen molar-refractivity contribution in [3.63, 3.8) is 0 Å². The van der Waals surface area contributed by atoms with E-state index < -0.39 is 0 Å². The molecule has 0 radical (unpaired) electrons. The van der Waals surface area contributed by atoms with Crippen LogP contribution in [0, 0.1) is 53.8 Å². The number of nitrogens with zero attached hydrogens (tertiary/aromatic N) is 9. The molecule has 138 heavy (non-hydrogen) atoms. The molecule has 3 unspecified atom stereocenters. The number of rotatable bonds is 21. The summed E-state index contributed by atoms with van der Waals surface area (Å²) in [6, 6.07) is 78.6. The van der Waals surface area contributed by atoms with E-state index in [9.17, 15) is 29.1 Å². The van der Waals surface area contributed by atoms with Gasteiger partial charge in [0.1, 0.15) is 17.2 Å². The molecule has 722 valence electrons. The second-order valence-corrected chi connectivity index (χ2v) is 36.1. The van der Waals surface area contributed by atoms with Crippen LogP contribution < -0.4 is 138 Å². The van der Waals surface area contributed by atoms with E-state index >= 15 is 0 Å². The number of halogens is 1. The van der Waals surface area contributed by atoms with Gasteiger partial charge in [-0.2, -0.15) is 0 Å². The topological polar surface area (TPSA) is 287 Å². The van der Waals surface area contributed by atoms with Crippen molar-refractivity contribution in [3.05, 3.63) is 286 Å². The zero-order valence-electron chi connectivity index (χ0n) is 82.9. The van der Waals surface area contributed by atoms with Crippen LogP contribution in [0.1, 0.15) is 96.8 Å². The number of esters is 2. The van der Waals surface area contributed by atoms with Gasteiger partial charge in [0.2, 0.25) is 0 Å². The van der Waals surface area contributed by atoms with Gasteiger partial charge in [-0.05, 0) is 243 Å². The van der Waals surface area contributed by atoms with Crippen molar-refractivity contribution in [1.82, 2.24) is 44.1 Å². The van der Waals surface area contributed by atoms with Crippen LogP contribution in [-0.2, 0) is 28.7 Å². The molecule has 5 N–H and O–H groups in total. The zero-order chi connectivity index (χ0) is 97.6. The van der Waals surface area contributed by atoms with E-state index in [1.54, 1.807) is 21.3 Å². The first-order valence-electron chi connectivity index (χ1n) is 45.8. The first kappa shape index (κ1) is 114. The standard InChI is InChI=1S/C36H42N4O4.C34H40N4O3.C28H37BrN4O4.C8H6.CH2O3.CH4O.2K.H/c1-26(41)44-25-29-20-21-40-33(23-38(2)3)35(30-14-12-28(13-15-30)11-10-27-8-6-5-7-9-27)34(40)24-39(22-29)36(42)37-31-16-18-32(43-4)19-17-31;1-36(2)22-31-33(28-13-11-26(12-14-28)10-9-25-7-5-4-6-8-25)32-23-37(21-27(24-39)19-20-38(31)32)34(40)35-29-15-17-30(41-3)18-16-29;1-19(34)37-18-20-13-14-33-25(16-31(2)3)27(21-5-7-22(29)8-6-21)26(33)17-32(15-20)28(35)30-23-9-11-24(36-4)12-10-23;1-2-8-6-4-3-5-7-8;2-1-4-3;1-2;;;/h5-9,12-19,29,33-35H,20-25H2,1-4H3,(H,37,42);4-8,11-18,27,31-33,39H,19-24H2,1-3H3,(H,35,40);5-12,20,25-27H,13-18H2,1-4H3,(H,30,35);1,3-7H;1,3H;2H,1H3;;;/q;;;;;;2*+1;-1/p-1/t29?,33-,34+,35+;27?,31-,32+,33+;20?,25-,26+,27+;;;;;;/m111....../s1. The molecule has 0 aliphatic carbocycles. The number of amides is 6. The zero-order valence-corrected chi connectivity index (χ0v) is 89.8. The van der Waals surface area contributed by atoms with E-state index in [2.05, 4.69) is 211 Å². The first-order valence-corrected chi connectivity index (χ1v) is 46.6. The third-order valence-corrected chi connectivity index (χ3v) is 25.5. The molecule has 6 aliphatic heterocycles.